The van der Waals surface area contributed by atoms with Crippen LogP contribution in [0.15, 0.2) is 22.3 Å². The molecule has 1 unspecified atom stereocenters. The summed E-state index contributed by atoms with van der Waals surface area (Å²) in [7, 11) is 0.750. The number of fused-ring (bicyclic) bond motifs is 1. The summed E-state index contributed by atoms with van der Waals surface area (Å²) in [6.07, 6.45) is 12.2. The summed E-state index contributed by atoms with van der Waals surface area (Å²) in [5.74, 6) is 0.778. The SMILES string of the molecule is CC1C2=C(CCC[CH-]2)C2=C1CCCC2.C[O-].O=CO.O=CO.[Ti+2]. The van der Waals surface area contributed by atoms with Crippen LogP contribution in [0.3, 0.4) is 0 Å². The Morgan fingerprint density at radius 1 is 1.00 bits per heavy atom. The van der Waals surface area contributed by atoms with Crippen LogP contribution in [0.2, 0.25) is 0 Å². The quantitative estimate of drug-likeness (QED) is 0.394. The van der Waals surface area contributed by atoms with Gasteiger partial charge >= 0.3 is 21.7 Å². The van der Waals surface area contributed by atoms with E-state index >= 15 is 0 Å². The van der Waals surface area contributed by atoms with E-state index in [2.05, 4.69) is 13.3 Å². The van der Waals surface area contributed by atoms with Crippen molar-refractivity contribution in [2.75, 3.05) is 7.11 Å². The zero-order chi connectivity index (χ0) is 17.0. The third kappa shape index (κ3) is 6.94. The van der Waals surface area contributed by atoms with E-state index < -0.39 is 0 Å². The number of carbonyl (C=O) groups is 2. The Hall–Kier alpha value is -1.04. The molecule has 0 aromatic rings. The van der Waals surface area contributed by atoms with E-state index in [0.29, 0.717) is 0 Å². The van der Waals surface area contributed by atoms with Crippen molar-refractivity contribution in [3.05, 3.63) is 28.7 Å². The fourth-order valence-corrected chi connectivity index (χ4v) is 3.51. The van der Waals surface area contributed by atoms with Crippen LogP contribution in [0.4, 0.5) is 0 Å². The van der Waals surface area contributed by atoms with Gasteiger partial charge in [-0.05, 0) is 25.2 Å². The number of allylic oxidation sites excluding steroid dienone is 4. The van der Waals surface area contributed by atoms with Crippen LogP contribution >= 0.6 is 0 Å². The van der Waals surface area contributed by atoms with E-state index in [1.54, 1.807) is 22.3 Å². The van der Waals surface area contributed by atoms with E-state index in [-0.39, 0.29) is 34.7 Å². The number of hydrogen-bond donors (Lipinski definition) is 2. The molecule has 0 aromatic carbocycles. The normalized spacial score (nSPS) is 20.4. The van der Waals surface area contributed by atoms with Gasteiger partial charge in [0, 0.05) is 0 Å². The first-order chi connectivity index (χ1) is 10.7. The third-order valence-corrected chi connectivity index (χ3v) is 4.21. The molecule has 0 saturated carbocycles. The Kier molecular flexibility index (Phi) is 15.3. The van der Waals surface area contributed by atoms with Gasteiger partial charge in [-0.1, -0.05) is 31.8 Å². The summed E-state index contributed by atoms with van der Waals surface area (Å²) < 4.78 is 0. The molecule has 0 radical (unpaired) electrons. The molecule has 23 heavy (non-hydrogen) atoms. The van der Waals surface area contributed by atoms with E-state index in [1.165, 1.54) is 44.9 Å². The second-order valence-corrected chi connectivity index (χ2v) is 5.17. The summed E-state index contributed by atoms with van der Waals surface area (Å²) in [6.45, 7) is 1.92. The van der Waals surface area contributed by atoms with Crippen molar-refractivity contribution in [2.45, 2.75) is 51.9 Å². The van der Waals surface area contributed by atoms with Crippen molar-refractivity contribution < 1.29 is 46.6 Å². The Balaban J connectivity index is 0. The number of hydrogen-bond acceptors (Lipinski definition) is 3. The Labute approximate surface area is 153 Å². The molecule has 128 valence electrons. The van der Waals surface area contributed by atoms with Gasteiger partial charge in [0.1, 0.15) is 0 Å². The zero-order valence-corrected chi connectivity index (χ0v) is 15.4. The molecule has 6 heteroatoms. The van der Waals surface area contributed by atoms with Crippen LogP contribution in [0.25, 0.3) is 0 Å². The zero-order valence-electron chi connectivity index (χ0n) is 13.9. The monoisotopic (exact) mass is 358 g/mol. The van der Waals surface area contributed by atoms with Gasteiger partial charge in [0.25, 0.3) is 12.9 Å². The minimum atomic E-state index is -0.250. The molecule has 3 rings (SSSR count). The summed E-state index contributed by atoms with van der Waals surface area (Å²) in [5.41, 5.74) is 7.07. The molecule has 0 aliphatic heterocycles. The molecule has 3 aliphatic carbocycles. The topological polar surface area (TPSA) is 97.7 Å². The van der Waals surface area contributed by atoms with Crippen LogP contribution in [-0.4, -0.2) is 30.3 Å². The van der Waals surface area contributed by atoms with Crippen molar-refractivity contribution >= 4 is 12.9 Å². The first kappa shape index (κ1) is 24.2. The number of carboxylic acid groups (broad SMARTS) is 2. The predicted octanol–water partition coefficient (Wildman–Crippen LogP) is 2.57. The van der Waals surface area contributed by atoms with Crippen LogP contribution in [0.1, 0.15) is 51.9 Å². The molecular formula is C17H26O5Ti. The molecule has 0 spiro atoms. The van der Waals surface area contributed by atoms with E-state index in [9.17, 15) is 0 Å². The summed E-state index contributed by atoms with van der Waals surface area (Å²) >= 11 is 0. The maximum Gasteiger partial charge on any atom is 2.00 e. The molecule has 0 amide bonds. The predicted molar refractivity (Wildman–Crippen MR) is 83.1 cm³/mol. The summed E-state index contributed by atoms with van der Waals surface area (Å²) in [5, 5.41) is 22.0. The average molecular weight is 358 g/mol. The van der Waals surface area contributed by atoms with E-state index in [4.69, 9.17) is 24.9 Å². The van der Waals surface area contributed by atoms with Gasteiger partial charge < -0.3 is 15.3 Å². The van der Waals surface area contributed by atoms with Crippen LogP contribution in [0.5, 0.6) is 0 Å². The fraction of sp³-hybridized carbons (Fsp3) is 0.588. The van der Waals surface area contributed by atoms with Gasteiger partial charge in [0.15, 0.2) is 0 Å². The van der Waals surface area contributed by atoms with Crippen molar-refractivity contribution in [3.8, 4) is 0 Å². The van der Waals surface area contributed by atoms with E-state index in [1.807, 2.05) is 0 Å². The smallest absolute Gasteiger partial charge is 0.857 e. The molecular weight excluding hydrogens is 332 g/mol. The maximum absolute atomic E-state index is 8.36. The minimum absolute atomic E-state index is 0. The van der Waals surface area contributed by atoms with Gasteiger partial charge in [-0.2, -0.15) is 12.7 Å². The van der Waals surface area contributed by atoms with Crippen LogP contribution in [0, 0.1) is 12.3 Å². The molecule has 3 aliphatic rings. The Morgan fingerprint density at radius 2 is 1.48 bits per heavy atom. The second kappa shape index (κ2) is 14.5. The van der Waals surface area contributed by atoms with Crippen molar-refractivity contribution in [1.82, 2.24) is 0 Å². The van der Waals surface area contributed by atoms with Gasteiger partial charge in [-0.25, -0.2) is 12.0 Å². The Morgan fingerprint density at radius 3 is 2.04 bits per heavy atom. The van der Waals surface area contributed by atoms with Gasteiger partial charge in [-0.3, -0.25) is 9.59 Å². The van der Waals surface area contributed by atoms with Crippen molar-refractivity contribution in [1.29, 1.82) is 0 Å². The van der Waals surface area contributed by atoms with Gasteiger partial charge in [0.2, 0.25) is 0 Å². The minimum Gasteiger partial charge on any atom is -0.857 e. The molecule has 2 N–H and O–H groups in total. The molecule has 0 aromatic heterocycles. The average Bonchev–Trinajstić information content (AvgIpc) is 2.85. The first-order valence-electron chi connectivity index (χ1n) is 7.56. The maximum atomic E-state index is 8.36. The van der Waals surface area contributed by atoms with Crippen LogP contribution < -0.4 is 5.11 Å². The van der Waals surface area contributed by atoms with Crippen molar-refractivity contribution in [3.63, 3.8) is 0 Å². The molecule has 5 nitrogen and oxygen atoms in total. The molecule has 0 saturated heterocycles. The largest absolute Gasteiger partial charge is 2.00 e. The summed E-state index contributed by atoms with van der Waals surface area (Å²) in [6, 6.07) is 0. The Bertz CT molecular complexity index is 377. The molecule has 1 atom stereocenters. The summed E-state index contributed by atoms with van der Waals surface area (Å²) in [4.78, 5) is 16.7. The van der Waals surface area contributed by atoms with Crippen LogP contribution in [-0.2, 0) is 31.3 Å². The molecule has 0 heterocycles. The molecule has 0 fully saturated rings. The van der Waals surface area contributed by atoms with E-state index in [0.717, 1.165) is 13.0 Å². The second-order valence-electron chi connectivity index (χ2n) is 5.17. The van der Waals surface area contributed by atoms with Gasteiger partial charge in [0.05, 0.1) is 0 Å². The molecule has 0 bridgehead atoms. The third-order valence-electron chi connectivity index (χ3n) is 4.21. The standard InChI is InChI=1S/C14H19.2CH2O2.CH3O.Ti/c1-10-11-6-2-4-8-13(11)14-9-5-3-7-12(10)14;2*2-1-3;1-2;/h6,10H,2-5,7-9H2,1H3;2*1H,(H,2,3);1H3;/q-1;;;-1;+2. The fourth-order valence-electron chi connectivity index (χ4n) is 3.51. The number of rotatable bonds is 0. The van der Waals surface area contributed by atoms with Gasteiger partial charge in [-0.15, -0.1) is 12.0 Å². The van der Waals surface area contributed by atoms with Crippen molar-refractivity contribution in [2.24, 2.45) is 5.92 Å². The first-order valence-corrected chi connectivity index (χ1v) is 7.56.